The van der Waals surface area contributed by atoms with E-state index in [1.165, 1.54) is 0 Å². The van der Waals surface area contributed by atoms with Crippen molar-refractivity contribution in [2.24, 2.45) is 0 Å². The van der Waals surface area contributed by atoms with Gasteiger partial charge in [-0.05, 0) is 61.9 Å². The molecule has 0 aliphatic heterocycles. The fraction of sp³-hybridized carbons (Fsp3) is 0.133. The molecular weight excluding hydrogens is 400 g/mol. The molecule has 0 aromatic heterocycles. The summed E-state index contributed by atoms with van der Waals surface area (Å²) in [5.74, 6) is 0.941. The van der Waals surface area contributed by atoms with E-state index in [1.807, 2.05) is 36.4 Å². The average Bonchev–Trinajstić information content (AvgIpc) is 2.43. The van der Waals surface area contributed by atoms with E-state index in [0.717, 1.165) is 31.0 Å². The number of hydrogen-bond acceptors (Lipinski definition) is 3. The summed E-state index contributed by atoms with van der Waals surface area (Å²) in [5, 5.41) is 12.7. The molecule has 0 amide bonds. The average molecular weight is 412 g/mol. The minimum atomic E-state index is 0.682. The Morgan fingerprint density at radius 2 is 1.80 bits per heavy atom. The van der Waals surface area contributed by atoms with Crippen LogP contribution in [-0.2, 0) is 0 Å². The number of nitrogens with zero attached hydrogens (tertiary/aromatic N) is 1. The molecular formula is C15H12Br2N2S. The number of halogens is 2. The maximum absolute atomic E-state index is 9.42. The van der Waals surface area contributed by atoms with Crippen LogP contribution < -0.4 is 5.32 Å². The largest absolute Gasteiger partial charge is 0.353 e. The van der Waals surface area contributed by atoms with E-state index in [-0.39, 0.29) is 0 Å². The molecule has 0 saturated heterocycles. The number of para-hydroxylation sites is 1. The zero-order chi connectivity index (χ0) is 14.5. The number of hydrogen-bond donors (Lipinski definition) is 1. The van der Waals surface area contributed by atoms with Gasteiger partial charge in [0.05, 0.1) is 16.9 Å². The molecule has 5 heteroatoms. The summed E-state index contributed by atoms with van der Waals surface area (Å²) in [7, 11) is 0. The second kappa shape index (κ2) is 7.16. The lowest BCUT2D eigenvalue weighted by Gasteiger charge is -2.13. The molecule has 2 rings (SSSR count). The quantitative estimate of drug-likeness (QED) is 0.632. The highest BCUT2D eigenvalue weighted by atomic mass is 79.9. The van der Waals surface area contributed by atoms with Crippen LogP contribution in [0.25, 0.3) is 0 Å². The van der Waals surface area contributed by atoms with E-state index in [9.17, 15) is 5.26 Å². The molecule has 20 heavy (non-hydrogen) atoms. The van der Waals surface area contributed by atoms with Gasteiger partial charge in [-0.3, -0.25) is 0 Å². The smallest absolute Gasteiger partial charge is 0.103 e. The van der Waals surface area contributed by atoms with Crippen molar-refractivity contribution in [2.75, 3.05) is 11.1 Å². The SMILES string of the molecule is CCSc1cccc(Nc2c(Br)cccc2Br)c1C#N. The fourth-order valence-corrected chi connectivity index (χ4v) is 3.76. The van der Waals surface area contributed by atoms with Gasteiger partial charge in [-0.25, -0.2) is 0 Å². The van der Waals surface area contributed by atoms with Crippen LogP contribution in [0.1, 0.15) is 12.5 Å². The highest BCUT2D eigenvalue weighted by Crippen LogP contribution is 2.36. The summed E-state index contributed by atoms with van der Waals surface area (Å²) < 4.78 is 1.90. The molecule has 2 nitrogen and oxygen atoms in total. The van der Waals surface area contributed by atoms with Gasteiger partial charge in [0.25, 0.3) is 0 Å². The second-order valence-electron chi connectivity index (χ2n) is 3.95. The van der Waals surface area contributed by atoms with Crippen molar-refractivity contribution in [1.29, 1.82) is 5.26 Å². The molecule has 2 aromatic carbocycles. The number of anilines is 2. The van der Waals surface area contributed by atoms with Crippen LogP contribution in [0.4, 0.5) is 11.4 Å². The predicted octanol–water partition coefficient (Wildman–Crippen LogP) is 5.94. The van der Waals surface area contributed by atoms with E-state index in [4.69, 9.17) is 0 Å². The van der Waals surface area contributed by atoms with E-state index < -0.39 is 0 Å². The number of rotatable bonds is 4. The molecule has 0 saturated carbocycles. The van der Waals surface area contributed by atoms with Crippen LogP contribution in [0.15, 0.2) is 50.2 Å². The molecule has 0 radical (unpaired) electrons. The molecule has 0 atom stereocenters. The Bertz CT molecular complexity index is 645. The van der Waals surface area contributed by atoms with Crippen LogP contribution in [-0.4, -0.2) is 5.75 Å². The molecule has 2 aromatic rings. The van der Waals surface area contributed by atoms with Crippen molar-refractivity contribution in [3.8, 4) is 6.07 Å². The van der Waals surface area contributed by atoms with Crippen molar-refractivity contribution in [3.63, 3.8) is 0 Å². The van der Waals surface area contributed by atoms with E-state index >= 15 is 0 Å². The maximum Gasteiger partial charge on any atom is 0.103 e. The van der Waals surface area contributed by atoms with Gasteiger partial charge in [-0.15, -0.1) is 11.8 Å². The minimum Gasteiger partial charge on any atom is -0.353 e. The summed E-state index contributed by atoms with van der Waals surface area (Å²) in [6, 6.07) is 14.0. The van der Waals surface area contributed by atoms with E-state index in [1.54, 1.807) is 11.8 Å². The van der Waals surface area contributed by atoms with Crippen molar-refractivity contribution in [2.45, 2.75) is 11.8 Å². The Hall–Kier alpha value is -0.960. The Balaban J connectivity index is 2.44. The summed E-state index contributed by atoms with van der Waals surface area (Å²) in [6.45, 7) is 2.08. The molecule has 0 fully saturated rings. The molecule has 0 unspecified atom stereocenters. The molecule has 0 bridgehead atoms. The highest BCUT2D eigenvalue weighted by Gasteiger charge is 2.11. The summed E-state index contributed by atoms with van der Waals surface area (Å²) >= 11 is 8.71. The molecule has 102 valence electrons. The predicted molar refractivity (Wildman–Crippen MR) is 92.7 cm³/mol. The third-order valence-electron chi connectivity index (χ3n) is 2.66. The second-order valence-corrected chi connectivity index (χ2v) is 6.96. The first-order chi connectivity index (χ1) is 9.67. The minimum absolute atomic E-state index is 0.682. The van der Waals surface area contributed by atoms with Crippen LogP contribution in [0, 0.1) is 11.3 Å². The van der Waals surface area contributed by atoms with Gasteiger partial charge in [0.1, 0.15) is 6.07 Å². The van der Waals surface area contributed by atoms with Gasteiger partial charge in [-0.2, -0.15) is 5.26 Å². The topological polar surface area (TPSA) is 35.8 Å². The molecule has 0 heterocycles. The van der Waals surface area contributed by atoms with Crippen LogP contribution in [0.3, 0.4) is 0 Å². The van der Waals surface area contributed by atoms with Crippen molar-refractivity contribution in [3.05, 3.63) is 50.9 Å². The molecule has 0 spiro atoms. The summed E-state index contributed by atoms with van der Waals surface area (Å²) in [6.07, 6.45) is 0. The zero-order valence-electron chi connectivity index (χ0n) is 10.8. The lowest BCUT2D eigenvalue weighted by atomic mass is 10.2. The van der Waals surface area contributed by atoms with Gasteiger partial charge >= 0.3 is 0 Å². The standard InChI is InChI=1S/C15H12Br2N2S/c1-2-20-14-8-4-7-13(10(14)9-18)19-15-11(16)5-3-6-12(15)17/h3-8,19H,2H2,1H3. The van der Waals surface area contributed by atoms with Crippen molar-refractivity contribution in [1.82, 2.24) is 0 Å². The normalized spacial score (nSPS) is 10.1. The molecule has 0 aliphatic carbocycles. The van der Waals surface area contributed by atoms with Crippen molar-refractivity contribution >= 4 is 55.0 Å². The summed E-state index contributed by atoms with van der Waals surface area (Å²) in [5.41, 5.74) is 2.42. The number of nitriles is 1. The first-order valence-electron chi connectivity index (χ1n) is 6.04. The van der Waals surface area contributed by atoms with Crippen LogP contribution >= 0.6 is 43.6 Å². The Kier molecular flexibility index (Phi) is 5.53. The van der Waals surface area contributed by atoms with Crippen molar-refractivity contribution < 1.29 is 0 Å². The van der Waals surface area contributed by atoms with E-state index in [0.29, 0.717) is 5.56 Å². The lowest BCUT2D eigenvalue weighted by molar-refractivity contribution is 1.34. The first-order valence-corrected chi connectivity index (χ1v) is 8.61. The summed E-state index contributed by atoms with van der Waals surface area (Å²) in [4.78, 5) is 1.00. The Labute approximate surface area is 139 Å². The molecule has 0 aliphatic rings. The number of nitrogens with one attached hydrogen (secondary N) is 1. The number of thioether (sulfide) groups is 1. The first kappa shape index (κ1) is 15.4. The molecule has 1 N–H and O–H groups in total. The van der Waals surface area contributed by atoms with Gasteiger partial charge < -0.3 is 5.32 Å². The highest BCUT2D eigenvalue weighted by molar-refractivity contribution is 9.11. The van der Waals surface area contributed by atoms with Gasteiger partial charge in [0.2, 0.25) is 0 Å². The Morgan fingerprint density at radius 3 is 2.40 bits per heavy atom. The Morgan fingerprint density at radius 1 is 1.15 bits per heavy atom. The number of benzene rings is 2. The van der Waals surface area contributed by atoms with Gasteiger partial charge in [-0.1, -0.05) is 19.1 Å². The van der Waals surface area contributed by atoms with Crippen LogP contribution in [0.2, 0.25) is 0 Å². The van der Waals surface area contributed by atoms with Gasteiger partial charge in [0, 0.05) is 13.8 Å². The van der Waals surface area contributed by atoms with Gasteiger partial charge in [0.15, 0.2) is 0 Å². The maximum atomic E-state index is 9.42. The zero-order valence-corrected chi connectivity index (χ0v) is 14.8. The van der Waals surface area contributed by atoms with E-state index in [2.05, 4.69) is 50.2 Å². The van der Waals surface area contributed by atoms with Crippen LogP contribution in [0.5, 0.6) is 0 Å². The third kappa shape index (κ3) is 3.38. The fourth-order valence-electron chi connectivity index (χ4n) is 1.78. The lowest BCUT2D eigenvalue weighted by Crippen LogP contribution is -1.97. The third-order valence-corrected chi connectivity index (χ3v) is 4.92. The monoisotopic (exact) mass is 410 g/mol.